The number of anilines is 1. The van der Waals surface area contributed by atoms with E-state index in [0.29, 0.717) is 24.2 Å². The molecule has 1 aliphatic carbocycles. The van der Waals surface area contributed by atoms with Gasteiger partial charge in [-0.15, -0.1) is 0 Å². The summed E-state index contributed by atoms with van der Waals surface area (Å²) in [7, 11) is -1.68. The van der Waals surface area contributed by atoms with Gasteiger partial charge in [0.1, 0.15) is 5.75 Å². The van der Waals surface area contributed by atoms with Crippen LogP contribution in [-0.2, 0) is 15.6 Å². The van der Waals surface area contributed by atoms with Crippen molar-refractivity contribution in [2.45, 2.75) is 44.1 Å². The van der Waals surface area contributed by atoms with Crippen molar-refractivity contribution in [1.29, 1.82) is 0 Å². The molecular formula is C23H28N2O4S. The Morgan fingerprint density at radius 1 is 1.03 bits per heavy atom. The van der Waals surface area contributed by atoms with Gasteiger partial charge >= 0.3 is 0 Å². The lowest BCUT2D eigenvalue weighted by Gasteiger charge is -2.32. The van der Waals surface area contributed by atoms with E-state index in [9.17, 15) is 13.2 Å². The molecule has 2 fully saturated rings. The first-order valence-electron chi connectivity index (χ1n) is 10.5. The molecule has 4 rings (SSSR count). The molecule has 0 radical (unpaired) electrons. The topological polar surface area (TPSA) is 75.7 Å². The molecule has 0 spiro atoms. The molecule has 1 aliphatic heterocycles. The highest BCUT2D eigenvalue weighted by Gasteiger charge is 2.37. The Labute approximate surface area is 178 Å². The van der Waals surface area contributed by atoms with E-state index in [0.717, 1.165) is 43.4 Å². The quantitative estimate of drug-likeness (QED) is 0.785. The summed E-state index contributed by atoms with van der Waals surface area (Å²) in [5, 5.41) is 3.27. The number of benzene rings is 2. The smallest absolute Gasteiger partial charge is 0.252 e. The van der Waals surface area contributed by atoms with E-state index in [-0.39, 0.29) is 11.7 Å². The number of carbonyl (C=O) groups excluding carboxylic acids is 1. The highest BCUT2D eigenvalue weighted by atomic mass is 32.2. The molecule has 0 atom stereocenters. The van der Waals surface area contributed by atoms with E-state index < -0.39 is 15.6 Å². The van der Waals surface area contributed by atoms with Crippen LogP contribution in [-0.4, -0.2) is 33.7 Å². The summed E-state index contributed by atoms with van der Waals surface area (Å²) >= 11 is 0. The molecule has 6 nitrogen and oxygen atoms in total. The van der Waals surface area contributed by atoms with Gasteiger partial charge in [0.05, 0.1) is 24.1 Å². The molecule has 2 aromatic carbocycles. The molecule has 1 saturated carbocycles. The Hall–Kier alpha value is -2.54. The second-order valence-corrected chi connectivity index (χ2v) is 10.1. The molecule has 2 aromatic rings. The Balaban J connectivity index is 1.59. The molecule has 0 aromatic heterocycles. The molecule has 160 valence electrons. The fourth-order valence-corrected chi connectivity index (χ4v) is 6.18. The van der Waals surface area contributed by atoms with Gasteiger partial charge in [-0.05, 0) is 61.6 Å². The van der Waals surface area contributed by atoms with Crippen LogP contribution in [0.4, 0.5) is 5.69 Å². The van der Waals surface area contributed by atoms with Crippen LogP contribution in [0.25, 0.3) is 0 Å². The highest BCUT2D eigenvalue weighted by molar-refractivity contribution is 7.92. The van der Waals surface area contributed by atoms with Crippen LogP contribution in [0.15, 0.2) is 48.5 Å². The van der Waals surface area contributed by atoms with Crippen molar-refractivity contribution < 1.29 is 17.9 Å². The Morgan fingerprint density at radius 2 is 1.77 bits per heavy atom. The van der Waals surface area contributed by atoms with Crippen molar-refractivity contribution in [1.82, 2.24) is 5.32 Å². The molecule has 2 aliphatic rings. The van der Waals surface area contributed by atoms with E-state index in [4.69, 9.17) is 4.74 Å². The van der Waals surface area contributed by atoms with E-state index in [2.05, 4.69) is 5.32 Å². The maximum atomic E-state index is 13.2. The van der Waals surface area contributed by atoms with E-state index in [1.165, 1.54) is 4.31 Å². The lowest BCUT2D eigenvalue weighted by molar-refractivity contribution is 0.0898. The van der Waals surface area contributed by atoms with Gasteiger partial charge in [-0.25, -0.2) is 8.42 Å². The van der Waals surface area contributed by atoms with Crippen molar-refractivity contribution in [2.24, 2.45) is 0 Å². The second kappa shape index (κ2) is 8.30. The molecule has 1 heterocycles. The van der Waals surface area contributed by atoms with Crippen molar-refractivity contribution in [2.75, 3.05) is 23.7 Å². The third-order valence-corrected chi connectivity index (χ3v) is 8.07. The summed E-state index contributed by atoms with van der Waals surface area (Å²) in [4.78, 5) is 13.2. The number of sulfonamides is 1. The highest BCUT2D eigenvalue weighted by Crippen LogP contribution is 2.39. The van der Waals surface area contributed by atoms with Gasteiger partial charge in [0.15, 0.2) is 0 Å². The van der Waals surface area contributed by atoms with E-state index >= 15 is 0 Å². The Kier molecular flexibility index (Phi) is 5.73. The summed E-state index contributed by atoms with van der Waals surface area (Å²) in [5.41, 5.74) is 1.71. The SMILES string of the molecule is COc1ccc(C2(NC(=O)c3cccc(N4CCCCS4(=O)=O)c3)CCCC2)cc1. The summed E-state index contributed by atoms with van der Waals surface area (Å²) in [6.07, 6.45) is 5.38. The third kappa shape index (κ3) is 4.03. The van der Waals surface area contributed by atoms with Gasteiger partial charge in [0.25, 0.3) is 5.91 Å². The summed E-state index contributed by atoms with van der Waals surface area (Å²) < 4.78 is 31.6. The lowest BCUT2D eigenvalue weighted by atomic mass is 9.87. The zero-order chi connectivity index (χ0) is 21.2. The van der Waals surface area contributed by atoms with Crippen molar-refractivity contribution in [3.05, 3.63) is 59.7 Å². The maximum Gasteiger partial charge on any atom is 0.252 e. The summed E-state index contributed by atoms with van der Waals surface area (Å²) in [5.74, 6) is 0.766. The number of methoxy groups -OCH3 is 1. The summed E-state index contributed by atoms with van der Waals surface area (Å²) in [6.45, 7) is 0.461. The molecule has 1 amide bonds. The van der Waals surface area contributed by atoms with E-state index in [1.54, 1.807) is 31.4 Å². The molecule has 30 heavy (non-hydrogen) atoms. The van der Waals surface area contributed by atoms with Crippen molar-refractivity contribution >= 4 is 21.6 Å². The number of hydrogen-bond acceptors (Lipinski definition) is 4. The Morgan fingerprint density at radius 3 is 2.43 bits per heavy atom. The standard InChI is InChI=1S/C23H28N2O4S/c1-29-21-11-9-19(10-12-21)23(13-2-3-14-23)24-22(26)18-7-6-8-20(17-18)25-15-4-5-16-30(25,27)28/h6-12,17H,2-5,13-16H2,1H3,(H,24,26). The van der Waals surface area contributed by atoms with Crippen LogP contribution in [0, 0.1) is 0 Å². The normalized spacial score (nSPS) is 20.0. The molecule has 7 heteroatoms. The van der Waals surface area contributed by atoms with Crippen LogP contribution in [0.5, 0.6) is 5.75 Å². The maximum absolute atomic E-state index is 13.2. The zero-order valence-electron chi connectivity index (χ0n) is 17.3. The average Bonchev–Trinajstić information content (AvgIpc) is 3.23. The van der Waals surface area contributed by atoms with Crippen LogP contribution >= 0.6 is 0 Å². The fraction of sp³-hybridized carbons (Fsp3) is 0.435. The first-order chi connectivity index (χ1) is 14.4. The molecule has 0 bridgehead atoms. The molecule has 1 N–H and O–H groups in total. The van der Waals surface area contributed by atoms with Crippen LogP contribution < -0.4 is 14.4 Å². The van der Waals surface area contributed by atoms with Gasteiger partial charge < -0.3 is 10.1 Å². The zero-order valence-corrected chi connectivity index (χ0v) is 18.1. The third-order valence-electron chi connectivity index (χ3n) is 6.20. The van der Waals surface area contributed by atoms with Gasteiger partial charge in [0.2, 0.25) is 10.0 Å². The number of rotatable bonds is 5. The number of nitrogens with zero attached hydrogens (tertiary/aromatic N) is 1. The molecule has 0 unspecified atom stereocenters. The average molecular weight is 429 g/mol. The summed E-state index contributed by atoms with van der Waals surface area (Å²) in [6, 6.07) is 14.8. The minimum atomic E-state index is -3.31. The fourth-order valence-electron chi connectivity index (χ4n) is 4.55. The second-order valence-electron chi connectivity index (χ2n) is 8.12. The predicted molar refractivity (Wildman–Crippen MR) is 117 cm³/mol. The van der Waals surface area contributed by atoms with Crippen LogP contribution in [0.1, 0.15) is 54.4 Å². The molecular weight excluding hydrogens is 400 g/mol. The number of amides is 1. The lowest BCUT2D eigenvalue weighted by Crippen LogP contribution is -2.44. The number of hydrogen-bond donors (Lipinski definition) is 1. The minimum Gasteiger partial charge on any atom is -0.497 e. The molecule has 1 saturated heterocycles. The number of nitrogens with one attached hydrogen (secondary N) is 1. The monoisotopic (exact) mass is 428 g/mol. The van der Waals surface area contributed by atoms with Gasteiger partial charge in [-0.2, -0.15) is 0 Å². The predicted octanol–water partition coefficient (Wildman–Crippen LogP) is 3.82. The van der Waals surface area contributed by atoms with Crippen molar-refractivity contribution in [3.63, 3.8) is 0 Å². The van der Waals surface area contributed by atoms with Crippen LogP contribution in [0.3, 0.4) is 0 Å². The van der Waals surface area contributed by atoms with Gasteiger partial charge in [-0.1, -0.05) is 31.0 Å². The first kappa shape index (κ1) is 20.7. The minimum absolute atomic E-state index is 0.157. The van der Waals surface area contributed by atoms with Crippen LogP contribution in [0.2, 0.25) is 0 Å². The Bertz CT molecular complexity index is 1010. The number of carbonyl (C=O) groups is 1. The first-order valence-corrected chi connectivity index (χ1v) is 12.1. The van der Waals surface area contributed by atoms with E-state index in [1.807, 2.05) is 24.3 Å². The number of ether oxygens (including phenoxy) is 1. The van der Waals surface area contributed by atoms with Gasteiger partial charge in [0, 0.05) is 12.1 Å². The largest absolute Gasteiger partial charge is 0.497 e. The van der Waals surface area contributed by atoms with Crippen molar-refractivity contribution in [3.8, 4) is 5.75 Å². The van der Waals surface area contributed by atoms with Gasteiger partial charge in [-0.3, -0.25) is 9.10 Å².